The minimum absolute atomic E-state index is 0.111. The van der Waals surface area contributed by atoms with E-state index in [1.165, 1.54) is 12.1 Å². The van der Waals surface area contributed by atoms with E-state index in [9.17, 15) is 14.9 Å². The molecule has 0 saturated carbocycles. The first-order valence-corrected chi connectivity index (χ1v) is 7.27. The van der Waals surface area contributed by atoms with Crippen molar-refractivity contribution in [2.75, 3.05) is 13.2 Å². The van der Waals surface area contributed by atoms with E-state index in [0.717, 1.165) is 6.08 Å². The zero-order chi connectivity index (χ0) is 18.1. The highest BCUT2D eigenvalue weighted by Crippen LogP contribution is 2.28. The largest absolute Gasteiger partial charge is 0.490 e. The molecule has 0 spiro atoms. The second-order valence-corrected chi connectivity index (χ2v) is 4.66. The number of hydrogen-bond acceptors (Lipinski definition) is 7. The van der Waals surface area contributed by atoms with Gasteiger partial charge in [0, 0.05) is 12.1 Å². The van der Waals surface area contributed by atoms with E-state index in [4.69, 9.17) is 9.47 Å². The minimum Gasteiger partial charge on any atom is -0.490 e. The molecule has 8 nitrogen and oxygen atoms in total. The number of azo groups is 1. The maximum atomic E-state index is 10.9. The van der Waals surface area contributed by atoms with E-state index >= 15 is 0 Å². The van der Waals surface area contributed by atoms with Crippen LogP contribution in [0.15, 0.2) is 71.4 Å². The van der Waals surface area contributed by atoms with Crippen LogP contribution in [0.1, 0.15) is 0 Å². The van der Waals surface area contributed by atoms with Crippen molar-refractivity contribution in [2.45, 2.75) is 0 Å². The van der Waals surface area contributed by atoms with Gasteiger partial charge < -0.3 is 9.47 Å². The van der Waals surface area contributed by atoms with Gasteiger partial charge in [0.25, 0.3) is 5.69 Å². The third kappa shape index (κ3) is 5.54. The normalized spacial score (nSPS) is 10.4. The predicted octanol–water partition coefficient (Wildman–Crippen LogP) is 4.12. The third-order valence-corrected chi connectivity index (χ3v) is 2.95. The molecule has 0 aliphatic heterocycles. The summed E-state index contributed by atoms with van der Waals surface area (Å²) in [6, 6.07) is 12.8. The van der Waals surface area contributed by atoms with Gasteiger partial charge >= 0.3 is 5.97 Å². The first kappa shape index (κ1) is 17.8. The average Bonchev–Trinajstić information content (AvgIpc) is 2.64. The molecule has 8 heteroatoms. The van der Waals surface area contributed by atoms with Crippen LogP contribution in [0, 0.1) is 10.1 Å². The lowest BCUT2D eigenvalue weighted by Crippen LogP contribution is -2.09. The maximum Gasteiger partial charge on any atom is 0.330 e. The van der Waals surface area contributed by atoms with Gasteiger partial charge in [-0.15, -0.1) is 5.11 Å². The van der Waals surface area contributed by atoms with E-state index in [-0.39, 0.29) is 24.6 Å². The fourth-order valence-corrected chi connectivity index (χ4v) is 1.78. The Labute approximate surface area is 143 Å². The van der Waals surface area contributed by atoms with Gasteiger partial charge in [-0.05, 0) is 30.3 Å². The Morgan fingerprint density at radius 2 is 1.84 bits per heavy atom. The van der Waals surface area contributed by atoms with Crippen molar-refractivity contribution in [1.29, 1.82) is 0 Å². The van der Waals surface area contributed by atoms with Crippen molar-refractivity contribution in [1.82, 2.24) is 0 Å². The molecule has 0 aromatic heterocycles. The number of rotatable bonds is 8. The lowest BCUT2D eigenvalue weighted by Gasteiger charge is -2.06. The second kappa shape index (κ2) is 8.92. The summed E-state index contributed by atoms with van der Waals surface area (Å²) in [5, 5.41) is 18.8. The monoisotopic (exact) mass is 341 g/mol. The molecule has 128 valence electrons. The zero-order valence-corrected chi connectivity index (χ0v) is 13.2. The SMILES string of the molecule is C=CC(=O)OCCOc1ccc(N=Nc2ccccc2[N+](=O)[O-])cc1. The summed E-state index contributed by atoms with van der Waals surface area (Å²) in [6.07, 6.45) is 1.08. The molecule has 2 aromatic rings. The highest BCUT2D eigenvalue weighted by molar-refractivity contribution is 5.81. The summed E-state index contributed by atoms with van der Waals surface area (Å²) >= 11 is 0. The fourth-order valence-electron chi connectivity index (χ4n) is 1.78. The predicted molar refractivity (Wildman–Crippen MR) is 90.4 cm³/mol. The summed E-state index contributed by atoms with van der Waals surface area (Å²) in [6.45, 7) is 3.61. The number of carbonyl (C=O) groups excluding carboxylic acids is 1. The van der Waals surface area contributed by atoms with E-state index in [1.54, 1.807) is 36.4 Å². The van der Waals surface area contributed by atoms with Gasteiger partial charge in [0.15, 0.2) is 5.69 Å². The van der Waals surface area contributed by atoms with Crippen LogP contribution in [-0.4, -0.2) is 24.1 Å². The van der Waals surface area contributed by atoms with Crippen LogP contribution in [0.2, 0.25) is 0 Å². The van der Waals surface area contributed by atoms with Crippen molar-refractivity contribution >= 4 is 23.0 Å². The highest BCUT2D eigenvalue weighted by atomic mass is 16.6. The van der Waals surface area contributed by atoms with Crippen LogP contribution in [0.25, 0.3) is 0 Å². The van der Waals surface area contributed by atoms with Gasteiger partial charge in [0.05, 0.1) is 10.6 Å². The number of para-hydroxylation sites is 1. The van der Waals surface area contributed by atoms with Crippen LogP contribution >= 0.6 is 0 Å². The molecule has 0 amide bonds. The Bertz CT molecular complexity index is 787. The molecular weight excluding hydrogens is 326 g/mol. The van der Waals surface area contributed by atoms with Crippen LogP contribution in [0.3, 0.4) is 0 Å². The summed E-state index contributed by atoms with van der Waals surface area (Å²) in [7, 11) is 0. The molecule has 0 aliphatic carbocycles. The van der Waals surface area contributed by atoms with Gasteiger partial charge in [-0.25, -0.2) is 4.79 Å². The van der Waals surface area contributed by atoms with Crippen LogP contribution in [0.4, 0.5) is 17.1 Å². The zero-order valence-electron chi connectivity index (χ0n) is 13.2. The number of esters is 1. The smallest absolute Gasteiger partial charge is 0.330 e. The molecule has 2 rings (SSSR count). The molecule has 0 N–H and O–H groups in total. The van der Waals surface area contributed by atoms with E-state index < -0.39 is 10.9 Å². The lowest BCUT2D eigenvalue weighted by molar-refractivity contribution is -0.384. The van der Waals surface area contributed by atoms with Crippen molar-refractivity contribution in [2.24, 2.45) is 10.2 Å². The van der Waals surface area contributed by atoms with Gasteiger partial charge in [-0.2, -0.15) is 5.11 Å². The average molecular weight is 341 g/mol. The fraction of sp³-hybridized carbons (Fsp3) is 0.118. The minimum atomic E-state index is -0.509. The van der Waals surface area contributed by atoms with Crippen LogP contribution in [0.5, 0.6) is 5.75 Å². The highest BCUT2D eigenvalue weighted by Gasteiger charge is 2.11. The van der Waals surface area contributed by atoms with Crippen LogP contribution in [-0.2, 0) is 9.53 Å². The van der Waals surface area contributed by atoms with E-state index in [2.05, 4.69) is 16.8 Å². The Hall–Kier alpha value is -3.55. The molecule has 0 radical (unpaired) electrons. The second-order valence-electron chi connectivity index (χ2n) is 4.66. The Balaban J connectivity index is 1.93. The van der Waals surface area contributed by atoms with E-state index in [1.807, 2.05) is 0 Å². The van der Waals surface area contributed by atoms with E-state index in [0.29, 0.717) is 11.4 Å². The molecule has 0 heterocycles. The molecule has 0 unspecified atom stereocenters. The molecule has 0 saturated heterocycles. The number of nitro groups is 1. The molecule has 2 aromatic carbocycles. The molecule has 25 heavy (non-hydrogen) atoms. The molecule has 0 aliphatic rings. The van der Waals surface area contributed by atoms with Gasteiger partial charge in [-0.3, -0.25) is 10.1 Å². The quantitative estimate of drug-likeness (QED) is 0.179. The van der Waals surface area contributed by atoms with Crippen molar-refractivity contribution in [3.05, 3.63) is 71.3 Å². The summed E-state index contributed by atoms with van der Waals surface area (Å²) < 4.78 is 10.2. The van der Waals surface area contributed by atoms with Gasteiger partial charge in [-0.1, -0.05) is 18.7 Å². The number of nitrogens with zero attached hydrogens (tertiary/aromatic N) is 3. The third-order valence-electron chi connectivity index (χ3n) is 2.95. The number of carbonyl (C=O) groups is 1. The summed E-state index contributed by atoms with van der Waals surface area (Å²) in [5.74, 6) is 0.0636. The maximum absolute atomic E-state index is 10.9. The molecule has 0 bridgehead atoms. The summed E-state index contributed by atoms with van der Waals surface area (Å²) in [4.78, 5) is 21.3. The number of hydrogen-bond donors (Lipinski definition) is 0. The van der Waals surface area contributed by atoms with Crippen molar-refractivity contribution in [3.8, 4) is 5.75 Å². The first-order chi connectivity index (χ1) is 12.1. The molecular formula is C17H15N3O5. The Kier molecular flexibility index (Phi) is 6.35. The first-order valence-electron chi connectivity index (χ1n) is 7.27. The number of ether oxygens (including phenoxy) is 2. The van der Waals surface area contributed by atoms with Gasteiger partial charge in [0.1, 0.15) is 19.0 Å². The van der Waals surface area contributed by atoms with Crippen molar-refractivity contribution in [3.63, 3.8) is 0 Å². The number of nitro benzene ring substituents is 1. The standard InChI is InChI=1S/C17H15N3O5/c1-2-17(21)25-12-11-24-14-9-7-13(8-10-14)18-19-15-5-3-4-6-16(15)20(22)23/h2-10H,1,11-12H2. The topological polar surface area (TPSA) is 103 Å². The number of benzene rings is 2. The van der Waals surface area contributed by atoms with Crippen molar-refractivity contribution < 1.29 is 19.2 Å². The van der Waals surface area contributed by atoms with Gasteiger partial charge in [0.2, 0.25) is 0 Å². The molecule has 0 atom stereocenters. The van der Waals surface area contributed by atoms with Crippen LogP contribution < -0.4 is 4.74 Å². The lowest BCUT2D eigenvalue weighted by atomic mass is 10.3. The summed E-state index contributed by atoms with van der Waals surface area (Å²) in [5.41, 5.74) is 0.584. The Morgan fingerprint density at radius 1 is 1.12 bits per heavy atom. The molecule has 0 fully saturated rings. The Morgan fingerprint density at radius 3 is 2.52 bits per heavy atom.